The molecule has 32 heavy (non-hydrogen) atoms. The molecule has 0 radical (unpaired) electrons. The van der Waals surface area contributed by atoms with E-state index in [1.54, 1.807) is 6.08 Å². The normalized spacial score (nSPS) is 11.2. The predicted octanol–water partition coefficient (Wildman–Crippen LogP) is 7.64. The van der Waals surface area contributed by atoms with Crippen LogP contribution in [0.3, 0.4) is 0 Å². The first-order valence-corrected chi connectivity index (χ1v) is 12.4. The van der Waals surface area contributed by atoms with E-state index in [9.17, 15) is 4.79 Å². The van der Waals surface area contributed by atoms with Gasteiger partial charge in [-0.1, -0.05) is 101 Å². The molecule has 2 aromatic rings. The average molecular weight is 437 g/mol. The van der Waals surface area contributed by atoms with Crippen molar-refractivity contribution in [3.8, 4) is 5.75 Å². The van der Waals surface area contributed by atoms with E-state index in [4.69, 9.17) is 9.84 Å². The third-order valence-corrected chi connectivity index (χ3v) is 5.69. The number of aliphatic hydroxyl groups is 1. The molecule has 0 spiro atoms. The van der Waals surface area contributed by atoms with Crippen molar-refractivity contribution in [3.63, 3.8) is 0 Å². The third kappa shape index (κ3) is 11.9. The van der Waals surface area contributed by atoms with Crippen LogP contribution in [0.15, 0.2) is 60.7 Å². The van der Waals surface area contributed by atoms with E-state index in [2.05, 4.69) is 0 Å². The van der Waals surface area contributed by atoms with Gasteiger partial charge in [-0.2, -0.15) is 0 Å². The van der Waals surface area contributed by atoms with Crippen LogP contribution in [-0.4, -0.2) is 24.1 Å². The van der Waals surface area contributed by atoms with Crippen molar-refractivity contribution in [1.29, 1.82) is 0 Å². The summed E-state index contributed by atoms with van der Waals surface area (Å²) >= 11 is 0. The highest BCUT2D eigenvalue weighted by molar-refractivity contribution is 6.06. The zero-order valence-electron chi connectivity index (χ0n) is 19.5. The Morgan fingerprint density at radius 1 is 0.688 bits per heavy atom. The SMILES string of the molecule is O=C(/C=C/c1ccccc1)c1ccc(OCCCCCCCCCCCCCCO)cc1. The van der Waals surface area contributed by atoms with Gasteiger partial charge in [0, 0.05) is 12.2 Å². The molecule has 0 aromatic heterocycles. The first-order chi connectivity index (χ1) is 15.8. The Bertz CT molecular complexity index is 750. The second-order valence-corrected chi connectivity index (χ2v) is 8.45. The number of ether oxygens (including phenoxy) is 1. The topological polar surface area (TPSA) is 46.5 Å². The average Bonchev–Trinajstić information content (AvgIpc) is 2.84. The third-order valence-electron chi connectivity index (χ3n) is 5.69. The Morgan fingerprint density at radius 3 is 1.78 bits per heavy atom. The van der Waals surface area contributed by atoms with Gasteiger partial charge in [-0.05, 0) is 48.7 Å². The number of carbonyl (C=O) groups excluding carboxylic acids is 1. The van der Waals surface area contributed by atoms with E-state index in [0.29, 0.717) is 12.2 Å². The second kappa shape index (κ2) is 17.2. The molecular formula is C29H40O3. The van der Waals surface area contributed by atoms with Gasteiger partial charge in [-0.3, -0.25) is 4.79 Å². The minimum Gasteiger partial charge on any atom is -0.494 e. The van der Waals surface area contributed by atoms with Gasteiger partial charge in [-0.15, -0.1) is 0 Å². The molecule has 0 bridgehead atoms. The molecule has 0 amide bonds. The highest BCUT2D eigenvalue weighted by Crippen LogP contribution is 2.15. The van der Waals surface area contributed by atoms with Gasteiger partial charge >= 0.3 is 0 Å². The maximum absolute atomic E-state index is 12.3. The van der Waals surface area contributed by atoms with E-state index in [1.807, 2.05) is 60.7 Å². The smallest absolute Gasteiger partial charge is 0.185 e. The molecule has 174 valence electrons. The molecule has 0 aliphatic rings. The van der Waals surface area contributed by atoms with Gasteiger partial charge in [0.15, 0.2) is 5.78 Å². The number of rotatable bonds is 18. The zero-order valence-corrected chi connectivity index (χ0v) is 19.5. The molecule has 0 saturated heterocycles. The minimum absolute atomic E-state index is 0.00194. The fourth-order valence-corrected chi connectivity index (χ4v) is 3.72. The molecule has 3 nitrogen and oxygen atoms in total. The van der Waals surface area contributed by atoms with Gasteiger partial charge in [0.05, 0.1) is 6.61 Å². The fraction of sp³-hybridized carbons (Fsp3) is 0.483. The van der Waals surface area contributed by atoms with E-state index >= 15 is 0 Å². The van der Waals surface area contributed by atoms with Crippen LogP contribution in [0.5, 0.6) is 5.75 Å². The summed E-state index contributed by atoms with van der Waals surface area (Å²) in [5.41, 5.74) is 1.70. The van der Waals surface area contributed by atoms with Gasteiger partial charge in [0.1, 0.15) is 5.75 Å². The lowest BCUT2D eigenvalue weighted by Crippen LogP contribution is -1.99. The standard InChI is InChI=1S/C29H40O3/c30-24-14-9-7-5-3-1-2-4-6-8-10-15-25-32-28-21-19-27(20-22-28)29(31)23-18-26-16-12-11-13-17-26/h11-13,16-23,30H,1-10,14-15,24-25H2/b23-18+. The Balaban J connectivity index is 1.48. The largest absolute Gasteiger partial charge is 0.494 e. The van der Waals surface area contributed by atoms with Crippen LogP contribution in [0.2, 0.25) is 0 Å². The van der Waals surface area contributed by atoms with Crippen molar-refractivity contribution in [2.75, 3.05) is 13.2 Å². The number of carbonyl (C=O) groups is 1. The highest BCUT2D eigenvalue weighted by Gasteiger charge is 2.02. The number of aliphatic hydroxyl groups excluding tert-OH is 1. The van der Waals surface area contributed by atoms with Crippen molar-refractivity contribution >= 4 is 11.9 Å². The number of hydrogen-bond acceptors (Lipinski definition) is 3. The molecule has 1 N–H and O–H groups in total. The predicted molar refractivity (Wildman–Crippen MR) is 134 cm³/mol. The minimum atomic E-state index is 0.00194. The summed E-state index contributed by atoms with van der Waals surface area (Å²) in [6.07, 6.45) is 18.4. The summed E-state index contributed by atoms with van der Waals surface area (Å²) in [5, 5.41) is 8.76. The molecule has 0 heterocycles. The maximum atomic E-state index is 12.3. The highest BCUT2D eigenvalue weighted by atomic mass is 16.5. The van der Waals surface area contributed by atoms with E-state index in [1.165, 1.54) is 64.2 Å². The molecule has 3 heteroatoms. The Kier molecular flexibility index (Phi) is 13.9. The maximum Gasteiger partial charge on any atom is 0.185 e. The quantitative estimate of drug-likeness (QED) is 0.148. The molecule has 0 atom stereocenters. The van der Waals surface area contributed by atoms with Gasteiger partial charge in [0.2, 0.25) is 0 Å². The van der Waals surface area contributed by atoms with E-state index < -0.39 is 0 Å². The van der Waals surface area contributed by atoms with E-state index in [-0.39, 0.29) is 5.78 Å². The molecule has 0 aliphatic carbocycles. The number of ketones is 1. The lowest BCUT2D eigenvalue weighted by Gasteiger charge is -2.07. The first kappa shape index (κ1) is 25.9. The summed E-state index contributed by atoms with van der Waals surface area (Å²) in [6, 6.07) is 17.3. The van der Waals surface area contributed by atoms with Crippen LogP contribution >= 0.6 is 0 Å². The van der Waals surface area contributed by atoms with Crippen LogP contribution in [0, 0.1) is 0 Å². The van der Waals surface area contributed by atoms with Crippen LogP contribution < -0.4 is 4.74 Å². The Hall–Kier alpha value is -2.39. The molecule has 0 saturated carbocycles. The number of unbranched alkanes of at least 4 members (excludes halogenated alkanes) is 11. The van der Waals surface area contributed by atoms with Crippen LogP contribution in [-0.2, 0) is 0 Å². The number of allylic oxidation sites excluding steroid dienone is 1. The lowest BCUT2D eigenvalue weighted by molar-refractivity contribution is 0.104. The summed E-state index contributed by atoms with van der Waals surface area (Å²) in [4.78, 5) is 12.3. The lowest BCUT2D eigenvalue weighted by atomic mass is 10.1. The van der Waals surface area contributed by atoms with E-state index in [0.717, 1.165) is 30.8 Å². The Morgan fingerprint density at radius 2 is 1.22 bits per heavy atom. The van der Waals surface area contributed by atoms with Gasteiger partial charge in [0.25, 0.3) is 0 Å². The van der Waals surface area contributed by atoms with Crippen molar-refractivity contribution < 1.29 is 14.6 Å². The summed E-state index contributed by atoms with van der Waals surface area (Å²) in [7, 11) is 0. The van der Waals surface area contributed by atoms with Crippen LogP contribution in [0.1, 0.15) is 93.0 Å². The number of hydrogen-bond donors (Lipinski definition) is 1. The summed E-state index contributed by atoms with van der Waals surface area (Å²) < 4.78 is 5.83. The van der Waals surface area contributed by atoms with Crippen molar-refractivity contribution in [2.45, 2.75) is 77.0 Å². The first-order valence-electron chi connectivity index (χ1n) is 12.4. The van der Waals surface area contributed by atoms with Gasteiger partial charge in [-0.25, -0.2) is 0 Å². The van der Waals surface area contributed by atoms with Crippen LogP contribution in [0.25, 0.3) is 6.08 Å². The molecule has 0 aliphatic heterocycles. The van der Waals surface area contributed by atoms with Crippen LogP contribution in [0.4, 0.5) is 0 Å². The van der Waals surface area contributed by atoms with Crippen molar-refractivity contribution in [3.05, 3.63) is 71.8 Å². The molecule has 0 fully saturated rings. The molecule has 2 aromatic carbocycles. The molecule has 2 rings (SSSR count). The molecular weight excluding hydrogens is 396 g/mol. The Labute approximate surface area is 194 Å². The molecule has 0 unspecified atom stereocenters. The summed E-state index contributed by atoms with van der Waals surface area (Å²) in [6.45, 7) is 1.07. The fourth-order valence-electron chi connectivity index (χ4n) is 3.72. The monoisotopic (exact) mass is 436 g/mol. The zero-order chi connectivity index (χ0) is 22.7. The van der Waals surface area contributed by atoms with Crippen molar-refractivity contribution in [1.82, 2.24) is 0 Å². The number of benzene rings is 2. The van der Waals surface area contributed by atoms with Gasteiger partial charge < -0.3 is 9.84 Å². The summed E-state index contributed by atoms with van der Waals surface area (Å²) in [5.74, 6) is 0.828. The second-order valence-electron chi connectivity index (χ2n) is 8.45. The van der Waals surface area contributed by atoms with Crippen molar-refractivity contribution in [2.24, 2.45) is 0 Å².